The molecule has 1 unspecified atom stereocenters. The molecule has 1 aromatic carbocycles. The Morgan fingerprint density at radius 3 is 2.58 bits per heavy atom. The van der Waals surface area contributed by atoms with E-state index in [2.05, 4.69) is 31.5 Å². The Morgan fingerprint density at radius 1 is 1.21 bits per heavy atom. The number of carbonyl (C=O) groups is 2. The molecule has 3 N–H and O–H groups in total. The quantitative estimate of drug-likeness (QED) is 0.288. The van der Waals surface area contributed by atoms with Crippen LogP contribution in [0.2, 0.25) is 0 Å². The van der Waals surface area contributed by atoms with Crippen molar-refractivity contribution in [3.05, 3.63) is 47.9 Å². The molecule has 3 heterocycles. The van der Waals surface area contributed by atoms with E-state index in [0.717, 1.165) is 24.3 Å². The number of nitrogen functional groups attached to an aromatic ring is 1. The van der Waals surface area contributed by atoms with Gasteiger partial charge in [0, 0.05) is 18.2 Å². The van der Waals surface area contributed by atoms with Gasteiger partial charge in [0.05, 0.1) is 35.5 Å². The highest BCUT2D eigenvalue weighted by Gasteiger charge is 2.56. The van der Waals surface area contributed by atoms with Gasteiger partial charge in [0.2, 0.25) is 5.60 Å². The molecule has 3 aromatic rings. The number of halogens is 6. The minimum atomic E-state index is -5.37. The van der Waals surface area contributed by atoms with Gasteiger partial charge in [-0.15, -0.1) is 0 Å². The van der Waals surface area contributed by atoms with Crippen molar-refractivity contribution in [2.75, 3.05) is 19.3 Å². The van der Waals surface area contributed by atoms with E-state index in [9.17, 15) is 41.0 Å². The minimum absolute atomic E-state index is 0.0298. The minimum Gasteiger partial charge on any atom is -0.449 e. The second kappa shape index (κ2) is 9.14. The molecule has 15 heteroatoms. The lowest BCUT2D eigenvalue weighted by Crippen LogP contribution is -2.47. The molecule has 0 radical (unpaired) electrons. The lowest BCUT2D eigenvalue weighted by atomic mass is 9.99. The lowest BCUT2D eigenvalue weighted by molar-refractivity contribution is -0.209. The smallest absolute Gasteiger partial charge is 0.449 e. The maximum absolute atomic E-state index is 13.7. The molecule has 0 saturated carbocycles. The predicted molar refractivity (Wildman–Crippen MR) is 118 cm³/mol. The fourth-order valence-electron chi connectivity index (χ4n) is 3.69. The van der Waals surface area contributed by atoms with Crippen LogP contribution >= 0.6 is 0 Å². The van der Waals surface area contributed by atoms with Crippen LogP contribution in [-0.2, 0) is 20.5 Å². The van der Waals surface area contributed by atoms with Gasteiger partial charge in [-0.3, -0.25) is 9.78 Å². The van der Waals surface area contributed by atoms with Crippen LogP contribution in [-0.4, -0.2) is 68.3 Å². The van der Waals surface area contributed by atoms with Gasteiger partial charge in [0.15, 0.2) is 17.6 Å². The van der Waals surface area contributed by atoms with E-state index in [-0.39, 0.29) is 28.2 Å². The SMILES string of the molecule is CN1CC(OC(=O)C(F)(F)F)[C@](O)(C#Cc2cccc(-c3nc(C(F)(F)F)c4c(N)cncc4n3)c2)C1=O. The van der Waals surface area contributed by atoms with Gasteiger partial charge in [0.1, 0.15) is 0 Å². The third-order valence-electron chi connectivity index (χ3n) is 5.48. The molecule has 2 aromatic heterocycles. The fourth-order valence-corrected chi connectivity index (χ4v) is 3.69. The van der Waals surface area contributed by atoms with Gasteiger partial charge < -0.3 is 20.5 Å². The van der Waals surface area contributed by atoms with E-state index in [1.54, 1.807) is 0 Å². The standard InChI is InChI=1S/C23H15F6N5O4/c1-34-10-15(38-20(36)23(27,28)29)21(37,19(34)35)6-5-11-3-2-4-12(7-11)18-32-14-9-31-8-13(30)16(14)17(33-18)22(24,25)26/h2-4,7-9,15,37H,10,30H2,1H3/t15?,21-/m1/s1. The highest BCUT2D eigenvalue weighted by atomic mass is 19.4. The van der Waals surface area contributed by atoms with Gasteiger partial charge in [-0.25, -0.2) is 14.8 Å². The van der Waals surface area contributed by atoms with Crippen molar-refractivity contribution in [1.29, 1.82) is 0 Å². The molecule has 1 aliphatic heterocycles. The molecule has 38 heavy (non-hydrogen) atoms. The number of carbonyl (C=O) groups excluding carboxylic acids is 2. The first kappa shape index (κ1) is 26.6. The van der Waals surface area contributed by atoms with Gasteiger partial charge in [-0.1, -0.05) is 18.1 Å². The number of pyridine rings is 1. The zero-order valence-electron chi connectivity index (χ0n) is 19.1. The van der Waals surface area contributed by atoms with Gasteiger partial charge in [-0.05, 0) is 18.1 Å². The molecular weight excluding hydrogens is 524 g/mol. The van der Waals surface area contributed by atoms with Crippen LogP contribution in [0.3, 0.4) is 0 Å². The Balaban J connectivity index is 1.74. The van der Waals surface area contributed by atoms with Crippen LogP contribution in [0.5, 0.6) is 0 Å². The topological polar surface area (TPSA) is 132 Å². The van der Waals surface area contributed by atoms with Gasteiger partial charge >= 0.3 is 18.3 Å². The van der Waals surface area contributed by atoms with E-state index in [1.165, 1.54) is 24.3 Å². The fraction of sp³-hybridized carbons (Fsp3) is 0.261. The molecule has 1 aliphatic rings. The molecule has 0 aliphatic carbocycles. The number of benzene rings is 1. The van der Waals surface area contributed by atoms with Crippen LogP contribution in [0.1, 0.15) is 11.3 Å². The summed E-state index contributed by atoms with van der Waals surface area (Å²) in [5, 5.41) is 10.3. The predicted octanol–water partition coefficient (Wildman–Crippen LogP) is 2.32. The van der Waals surface area contributed by atoms with Crippen LogP contribution in [0.25, 0.3) is 22.3 Å². The molecular formula is C23H15F6N5O4. The second-order valence-corrected chi connectivity index (χ2v) is 8.19. The number of likely N-dealkylation sites (tertiary alicyclic amines) is 1. The first-order valence-corrected chi connectivity index (χ1v) is 10.5. The van der Waals surface area contributed by atoms with Gasteiger partial charge in [-0.2, -0.15) is 26.3 Å². The second-order valence-electron chi connectivity index (χ2n) is 8.19. The number of likely N-dealkylation sites (N-methyl/N-ethyl adjacent to an activating group) is 1. The Morgan fingerprint density at radius 2 is 1.92 bits per heavy atom. The normalized spacial score (nSPS) is 19.8. The van der Waals surface area contributed by atoms with Crippen molar-refractivity contribution in [3.63, 3.8) is 0 Å². The Labute approximate surface area is 209 Å². The molecule has 4 rings (SSSR count). The highest BCUT2D eigenvalue weighted by molar-refractivity contribution is 5.93. The summed E-state index contributed by atoms with van der Waals surface area (Å²) in [6, 6.07) is 5.32. The number of aromatic nitrogens is 3. The molecule has 198 valence electrons. The number of hydrogen-bond acceptors (Lipinski definition) is 8. The van der Waals surface area contributed by atoms with Crippen LogP contribution in [0, 0.1) is 11.8 Å². The van der Waals surface area contributed by atoms with E-state index < -0.39 is 53.6 Å². The van der Waals surface area contributed by atoms with Crippen molar-refractivity contribution in [1.82, 2.24) is 19.9 Å². The Bertz CT molecular complexity index is 1510. The molecule has 9 nitrogen and oxygen atoms in total. The molecule has 1 amide bonds. The number of rotatable bonds is 2. The summed E-state index contributed by atoms with van der Waals surface area (Å²) in [6.07, 6.45) is -10.1. The largest absolute Gasteiger partial charge is 0.490 e. The van der Waals surface area contributed by atoms with Crippen molar-refractivity contribution >= 4 is 28.5 Å². The number of fused-ring (bicyclic) bond motifs is 1. The summed E-state index contributed by atoms with van der Waals surface area (Å²) in [7, 11) is 1.16. The van der Waals surface area contributed by atoms with Crippen molar-refractivity contribution in [3.8, 4) is 23.2 Å². The third-order valence-corrected chi connectivity index (χ3v) is 5.48. The zero-order chi connectivity index (χ0) is 28.0. The third kappa shape index (κ3) is 4.90. The molecule has 2 atom stereocenters. The lowest BCUT2D eigenvalue weighted by Gasteiger charge is -2.21. The highest BCUT2D eigenvalue weighted by Crippen LogP contribution is 2.36. The van der Waals surface area contributed by atoms with Gasteiger partial charge in [0.25, 0.3) is 5.91 Å². The van der Waals surface area contributed by atoms with E-state index >= 15 is 0 Å². The Kier molecular flexibility index (Phi) is 6.40. The zero-order valence-corrected chi connectivity index (χ0v) is 19.1. The van der Waals surface area contributed by atoms with E-state index in [1.807, 2.05) is 0 Å². The summed E-state index contributed by atoms with van der Waals surface area (Å²) >= 11 is 0. The summed E-state index contributed by atoms with van der Waals surface area (Å²) in [5.74, 6) is 0.433. The number of ether oxygens (including phenoxy) is 1. The maximum atomic E-state index is 13.7. The average Bonchev–Trinajstić information content (AvgIpc) is 3.05. The summed E-state index contributed by atoms with van der Waals surface area (Å²) in [4.78, 5) is 36.0. The summed E-state index contributed by atoms with van der Waals surface area (Å²) in [6.45, 7) is -0.561. The van der Waals surface area contributed by atoms with E-state index in [4.69, 9.17) is 5.73 Å². The van der Waals surface area contributed by atoms with Crippen molar-refractivity contribution in [2.45, 2.75) is 24.1 Å². The van der Waals surface area contributed by atoms with Crippen LogP contribution in [0.15, 0.2) is 36.7 Å². The molecule has 1 saturated heterocycles. The average molecular weight is 539 g/mol. The van der Waals surface area contributed by atoms with Crippen molar-refractivity contribution < 1.29 is 45.8 Å². The number of hydrogen-bond donors (Lipinski definition) is 2. The molecule has 1 fully saturated rings. The van der Waals surface area contributed by atoms with Crippen LogP contribution < -0.4 is 5.73 Å². The number of esters is 1. The number of nitrogens with two attached hydrogens (primary N) is 1. The number of aliphatic hydroxyl groups is 1. The van der Waals surface area contributed by atoms with Crippen molar-refractivity contribution in [2.24, 2.45) is 0 Å². The monoisotopic (exact) mass is 539 g/mol. The number of alkyl halides is 6. The Hall–Kier alpha value is -4.45. The number of nitrogens with zero attached hydrogens (tertiary/aromatic N) is 4. The van der Waals surface area contributed by atoms with E-state index in [0.29, 0.717) is 0 Å². The number of amides is 1. The maximum Gasteiger partial charge on any atom is 0.490 e. The molecule has 0 bridgehead atoms. The first-order valence-electron chi connectivity index (χ1n) is 10.5. The number of anilines is 1. The molecule has 0 spiro atoms. The summed E-state index contributed by atoms with van der Waals surface area (Å²) < 4.78 is 83.4. The first-order chi connectivity index (χ1) is 17.6. The summed E-state index contributed by atoms with van der Waals surface area (Å²) in [5.41, 5.74) is 1.18. The van der Waals surface area contributed by atoms with Crippen LogP contribution in [0.4, 0.5) is 32.0 Å².